The summed E-state index contributed by atoms with van der Waals surface area (Å²) >= 11 is 5.88. The van der Waals surface area contributed by atoms with Crippen molar-refractivity contribution in [2.45, 2.75) is 183 Å². The van der Waals surface area contributed by atoms with Crippen molar-refractivity contribution in [3.05, 3.63) is 289 Å². The monoisotopic (exact) mass is 1660 g/mol. The van der Waals surface area contributed by atoms with Crippen molar-refractivity contribution in [3.63, 3.8) is 0 Å². The van der Waals surface area contributed by atoms with Gasteiger partial charge in [0.15, 0.2) is 34.9 Å². The van der Waals surface area contributed by atoms with E-state index in [0.29, 0.717) is 40.1 Å². The predicted octanol–water partition coefficient (Wildman–Crippen LogP) is 24.5. The molecule has 0 radical (unpaired) electrons. The number of hydrogen-bond acceptors (Lipinski definition) is 16. The lowest BCUT2D eigenvalue weighted by molar-refractivity contribution is 0.00578. The van der Waals surface area contributed by atoms with Gasteiger partial charge in [0.1, 0.15) is 5.15 Å². The molecule has 2 aliphatic heterocycles. The quantitative estimate of drug-likeness (QED) is 0.0713. The van der Waals surface area contributed by atoms with Crippen molar-refractivity contribution >= 4 is 102 Å². The molecule has 0 atom stereocenters. The van der Waals surface area contributed by atoms with Crippen LogP contribution in [0, 0.1) is 0 Å². The number of fused-ring (bicyclic) bond motifs is 9. The van der Waals surface area contributed by atoms with Gasteiger partial charge in [-0.3, -0.25) is 15.0 Å². The maximum atomic E-state index is 6.55. The molecule has 2 fully saturated rings. The van der Waals surface area contributed by atoms with Crippen molar-refractivity contribution in [1.29, 1.82) is 0 Å². The summed E-state index contributed by atoms with van der Waals surface area (Å²) in [5.74, 6) is 3.50. The highest BCUT2D eigenvalue weighted by Crippen LogP contribution is 2.42. The fourth-order valence-electron chi connectivity index (χ4n) is 15.6. The first-order valence-electron chi connectivity index (χ1n) is 42.8. The SMILES string of the molecule is CC(C)(C)c1ccc(-c2nc(-c3ccc(C(C)(C)C)cc3)nc(-c3cc(-c4ccc5ccc6cccnc6c5n4)cc(-c4ccc5ccc6cccnc6c5n4)c3)n2)cc1.CC(C)(C)c1ccc(-c2nc(-c3ccc(C(C)(C)C)cc3)nc(-c3cc(B4OC(C)(C)C(C)(C)O4)cc(B4OC(C)(C)C(C)(C)O4)c3)n2)cc1.Clc1ccc2ccc3cccnc3c2n1. The van der Waals surface area contributed by atoms with Crippen molar-refractivity contribution in [1.82, 2.24) is 59.8 Å². The van der Waals surface area contributed by atoms with Gasteiger partial charge in [-0.05, 0) is 171 Å². The van der Waals surface area contributed by atoms with Crippen molar-refractivity contribution in [2.75, 3.05) is 0 Å². The van der Waals surface area contributed by atoms with E-state index in [1.54, 1.807) is 12.3 Å². The van der Waals surface area contributed by atoms with Crippen molar-refractivity contribution < 1.29 is 18.6 Å². The summed E-state index contributed by atoms with van der Waals surface area (Å²) in [5, 5.41) is 6.78. The van der Waals surface area contributed by atoms with Crippen molar-refractivity contribution in [3.8, 4) is 90.8 Å². The molecule has 0 spiro atoms. The van der Waals surface area contributed by atoms with Gasteiger partial charge in [0.25, 0.3) is 0 Å². The summed E-state index contributed by atoms with van der Waals surface area (Å²) in [6.07, 6.45) is 5.41. The highest BCUT2D eigenvalue weighted by Gasteiger charge is 2.54. The molecule has 0 unspecified atom stereocenters. The molecule has 17 aromatic rings. The normalized spacial score (nSPS) is 15.0. The van der Waals surface area contributed by atoms with E-state index in [1.165, 1.54) is 22.3 Å². The standard InChI is InChI=1S/C53H43N7.C41H53B2N3O4.C12H7ClN2/c1-52(2,3)41-21-15-36(16-22-41)49-58-50(37-17-23-42(24-18-37)53(4,5)6)60-51(59-49)40-30-38(43-25-19-34-13-11-32-9-7-27-54-45(32)47(34)56-43)29-39(31-40)44-26-20-35-14-12-33-10-8-28-55-46(33)48(35)57-44;1-36(2,3)29-19-15-26(16-20-29)33-44-34(27-17-21-30(22-18-27)37(4,5)6)46-35(45-33)28-23-31(42-47-38(7,8)39(9,10)48-42)25-32(24-28)43-49-40(11,12)41(13,14)50-43;13-10-6-5-9-4-3-8-2-1-7-14-11(8)12(9)15-10/h7-31H,1-6H3;15-25H,1-14H3;1-7H. The van der Waals surface area contributed by atoms with E-state index >= 15 is 0 Å². The first-order chi connectivity index (χ1) is 59.2. The van der Waals surface area contributed by atoms with E-state index in [4.69, 9.17) is 80.1 Å². The van der Waals surface area contributed by atoms with Crippen LogP contribution in [0.3, 0.4) is 0 Å². The molecule has 624 valence electrons. The molecule has 8 aromatic heterocycles. The Morgan fingerprint density at radius 3 is 0.768 bits per heavy atom. The number of halogens is 1. The lowest BCUT2D eigenvalue weighted by Crippen LogP contribution is -2.41. The van der Waals surface area contributed by atoms with Gasteiger partial charge in [-0.2, -0.15) is 0 Å². The van der Waals surface area contributed by atoms with Gasteiger partial charge in [0.05, 0.1) is 66.9 Å². The molecule has 10 heterocycles. The van der Waals surface area contributed by atoms with Gasteiger partial charge >= 0.3 is 14.2 Å². The molecule has 0 bridgehead atoms. The Hall–Kier alpha value is -12.3. The maximum Gasteiger partial charge on any atom is 0.494 e. The Kier molecular flexibility index (Phi) is 22.0. The summed E-state index contributed by atoms with van der Waals surface area (Å²) in [5.41, 5.74) is 18.6. The first-order valence-corrected chi connectivity index (χ1v) is 43.2. The molecule has 19 rings (SSSR count). The first kappa shape index (κ1) is 84.9. The Morgan fingerprint density at radius 2 is 0.480 bits per heavy atom. The smallest absolute Gasteiger partial charge is 0.399 e. The van der Waals surface area contributed by atoms with Gasteiger partial charge in [-0.25, -0.2) is 44.9 Å². The number of hydrogen-bond donors (Lipinski definition) is 0. The van der Waals surface area contributed by atoms with Crippen LogP contribution in [0.25, 0.3) is 156 Å². The Morgan fingerprint density at radius 1 is 0.240 bits per heavy atom. The van der Waals surface area contributed by atoms with Gasteiger partial charge in [0, 0.05) is 95.4 Å². The van der Waals surface area contributed by atoms with E-state index in [1.807, 2.05) is 54.9 Å². The largest absolute Gasteiger partial charge is 0.494 e. The lowest BCUT2D eigenvalue weighted by Gasteiger charge is -2.32. The minimum absolute atomic E-state index is 0.0118. The minimum Gasteiger partial charge on any atom is -0.399 e. The molecule has 9 aromatic carbocycles. The molecule has 2 aliphatic rings. The number of benzene rings is 9. The number of aromatic nitrogens is 12. The molecule has 19 heteroatoms. The molecule has 0 aliphatic carbocycles. The van der Waals surface area contributed by atoms with Gasteiger partial charge in [-0.1, -0.05) is 277 Å². The predicted molar refractivity (Wildman–Crippen MR) is 513 cm³/mol. The van der Waals surface area contributed by atoms with Crippen LogP contribution in [0.2, 0.25) is 5.15 Å². The lowest BCUT2D eigenvalue weighted by atomic mass is 9.71. The average Bonchev–Trinajstić information content (AvgIpc) is 1.63. The fourth-order valence-corrected chi connectivity index (χ4v) is 15.7. The third-order valence-corrected chi connectivity index (χ3v) is 24.8. The zero-order chi connectivity index (χ0) is 88.1. The zero-order valence-corrected chi connectivity index (χ0v) is 75.6. The van der Waals surface area contributed by atoms with Gasteiger partial charge < -0.3 is 18.6 Å². The minimum atomic E-state index is -0.600. The number of pyridine rings is 6. The van der Waals surface area contributed by atoms with E-state index in [9.17, 15) is 0 Å². The van der Waals surface area contributed by atoms with Crippen LogP contribution in [-0.2, 0) is 40.3 Å². The van der Waals surface area contributed by atoms with Crippen LogP contribution in [-0.4, -0.2) is 96.4 Å². The van der Waals surface area contributed by atoms with E-state index in [-0.39, 0.29) is 21.7 Å². The Bertz CT molecular complexity index is 6630. The summed E-state index contributed by atoms with van der Waals surface area (Å²) in [6.45, 7) is 43.1. The Balaban J connectivity index is 0.000000153. The molecule has 0 amide bonds. The van der Waals surface area contributed by atoms with E-state index in [2.05, 4.69) is 343 Å². The van der Waals surface area contributed by atoms with Crippen LogP contribution in [0.1, 0.15) is 161 Å². The topological polar surface area (TPSA) is 192 Å². The van der Waals surface area contributed by atoms with Crippen LogP contribution in [0.5, 0.6) is 0 Å². The third kappa shape index (κ3) is 17.6. The second-order valence-corrected chi connectivity index (χ2v) is 39.3. The number of rotatable bonds is 10. The highest BCUT2D eigenvalue weighted by molar-refractivity contribution is 6.66. The average molecular weight is 1670 g/mol. The fraction of sp³-hybridized carbons (Fsp3) is 0.264. The Labute approximate surface area is 737 Å². The summed E-state index contributed by atoms with van der Waals surface area (Å²) in [4.78, 5) is 59.5. The number of nitrogens with zero attached hydrogens (tertiary/aromatic N) is 12. The van der Waals surface area contributed by atoms with Crippen LogP contribution in [0.4, 0.5) is 0 Å². The summed E-state index contributed by atoms with van der Waals surface area (Å²) in [6, 6.07) is 83.3. The molecule has 0 saturated carbocycles. The van der Waals surface area contributed by atoms with Crippen LogP contribution >= 0.6 is 11.6 Å². The van der Waals surface area contributed by atoms with E-state index in [0.717, 1.165) is 132 Å². The second-order valence-electron chi connectivity index (χ2n) is 38.9. The van der Waals surface area contributed by atoms with Crippen molar-refractivity contribution in [2.24, 2.45) is 0 Å². The highest BCUT2D eigenvalue weighted by atomic mass is 35.5. The zero-order valence-electron chi connectivity index (χ0n) is 74.9. The van der Waals surface area contributed by atoms with Gasteiger partial charge in [-0.15, -0.1) is 0 Å². The molecular weight excluding hydrogens is 1560 g/mol. The molecule has 125 heavy (non-hydrogen) atoms. The summed E-state index contributed by atoms with van der Waals surface area (Å²) < 4.78 is 26.2. The maximum absolute atomic E-state index is 6.55. The molecule has 0 N–H and O–H groups in total. The molecule has 2 saturated heterocycles. The van der Waals surface area contributed by atoms with Crippen LogP contribution < -0.4 is 10.9 Å². The van der Waals surface area contributed by atoms with E-state index < -0.39 is 36.6 Å². The summed E-state index contributed by atoms with van der Waals surface area (Å²) in [7, 11) is -1.20. The van der Waals surface area contributed by atoms with Crippen LogP contribution in [0.15, 0.2) is 261 Å². The van der Waals surface area contributed by atoms with Gasteiger partial charge in [0.2, 0.25) is 0 Å². The second kappa shape index (κ2) is 32.4. The molecular formula is C106H103B2ClN12O4. The third-order valence-electron chi connectivity index (χ3n) is 24.6. The molecule has 16 nitrogen and oxygen atoms in total.